The average molecular weight is 387 g/mol. The van der Waals surface area contributed by atoms with Crippen LogP contribution in [0.4, 0.5) is 11.4 Å². The van der Waals surface area contributed by atoms with Crippen LogP contribution in [0.25, 0.3) is 0 Å². The minimum Gasteiger partial charge on any atom is -0.375 e. The molecule has 7 heteroatoms. The number of benzene rings is 3. The molecule has 0 saturated carbocycles. The number of nitro benzene ring substituents is 1. The molecule has 1 aliphatic heterocycles. The Morgan fingerprint density at radius 3 is 2.28 bits per heavy atom. The zero-order valence-corrected chi connectivity index (χ0v) is 15.2. The summed E-state index contributed by atoms with van der Waals surface area (Å²) >= 11 is 0. The summed E-state index contributed by atoms with van der Waals surface area (Å²) in [6, 6.07) is 20.6. The van der Waals surface area contributed by atoms with Gasteiger partial charge < -0.3 is 10.6 Å². The molecule has 1 heterocycles. The van der Waals surface area contributed by atoms with Crippen molar-refractivity contribution in [1.82, 2.24) is 5.32 Å². The van der Waals surface area contributed by atoms with Crippen LogP contribution < -0.4 is 10.6 Å². The van der Waals surface area contributed by atoms with Crippen molar-refractivity contribution in [2.45, 2.75) is 12.1 Å². The van der Waals surface area contributed by atoms with E-state index in [1.807, 2.05) is 42.5 Å². The van der Waals surface area contributed by atoms with Crippen LogP contribution in [0.5, 0.6) is 0 Å². The number of nitrogens with zero attached hydrogens (tertiary/aromatic N) is 1. The Morgan fingerprint density at radius 1 is 0.931 bits per heavy atom. The van der Waals surface area contributed by atoms with Crippen LogP contribution in [0.2, 0.25) is 0 Å². The lowest BCUT2D eigenvalue weighted by Crippen LogP contribution is -2.49. The predicted octanol–water partition coefficient (Wildman–Crippen LogP) is 3.74. The maximum Gasteiger partial charge on any atom is 0.269 e. The molecule has 0 saturated heterocycles. The number of fused-ring (bicyclic) bond motifs is 1. The Bertz CT molecular complexity index is 1080. The van der Waals surface area contributed by atoms with Crippen LogP contribution in [-0.4, -0.2) is 22.7 Å². The molecule has 3 aromatic rings. The minimum atomic E-state index is -0.824. The standard InChI is InChI=1S/C22H17N3O4/c26-21-17-8-4-5-9-18(17)23-19(14-6-2-1-3-7-14)20(21)24-22(27)15-10-12-16(13-11-15)25(28)29/h1-13,19-20,23H,(H,24,27)/t19-,20-/m1/s1. The highest BCUT2D eigenvalue weighted by Crippen LogP contribution is 2.33. The molecule has 2 atom stereocenters. The maximum absolute atomic E-state index is 13.2. The number of non-ortho nitro benzene ring substituents is 1. The van der Waals surface area contributed by atoms with Gasteiger partial charge in [-0.25, -0.2) is 0 Å². The van der Waals surface area contributed by atoms with Crippen LogP contribution in [-0.2, 0) is 0 Å². The van der Waals surface area contributed by atoms with Gasteiger partial charge in [-0.1, -0.05) is 42.5 Å². The molecule has 2 N–H and O–H groups in total. The van der Waals surface area contributed by atoms with Gasteiger partial charge in [-0.05, 0) is 29.8 Å². The van der Waals surface area contributed by atoms with E-state index in [1.54, 1.807) is 12.1 Å². The van der Waals surface area contributed by atoms with Crippen molar-refractivity contribution in [3.05, 3.63) is 106 Å². The van der Waals surface area contributed by atoms with Crippen LogP contribution in [0.15, 0.2) is 78.9 Å². The van der Waals surface area contributed by atoms with Gasteiger partial charge in [-0.2, -0.15) is 0 Å². The van der Waals surface area contributed by atoms with Crippen molar-refractivity contribution in [2.75, 3.05) is 5.32 Å². The van der Waals surface area contributed by atoms with Gasteiger partial charge in [0.2, 0.25) is 0 Å². The van der Waals surface area contributed by atoms with Crippen molar-refractivity contribution in [1.29, 1.82) is 0 Å². The summed E-state index contributed by atoms with van der Waals surface area (Å²) in [6.07, 6.45) is 0. The lowest BCUT2D eigenvalue weighted by Gasteiger charge is -2.34. The van der Waals surface area contributed by atoms with Gasteiger partial charge in [0.25, 0.3) is 11.6 Å². The fourth-order valence-corrected chi connectivity index (χ4v) is 3.44. The summed E-state index contributed by atoms with van der Waals surface area (Å²) in [5.41, 5.74) is 2.23. The summed E-state index contributed by atoms with van der Waals surface area (Å²) in [5, 5.41) is 17.0. The van der Waals surface area contributed by atoms with Gasteiger partial charge in [-0.15, -0.1) is 0 Å². The molecule has 144 valence electrons. The smallest absolute Gasteiger partial charge is 0.269 e. The highest BCUT2D eigenvalue weighted by molar-refractivity contribution is 6.09. The zero-order chi connectivity index (χ0) is 20.4. The summed E-state index contributed by atoms with van der Waals surface area (Å²) in [4.78, 5) is 36.2. The first-order chi connectivity index (χ1) is 14.0. The number of hydrogen-bond donors (Lipinski definition) is 2. The van der Waals surface area contributed by atoms with E-state index < -0.39 is 22.9 Å². The first-order valence-electron chi connectivity index (χ1n) is 9.04. The Morgan fingerprint density at radius 2 is 1.59 bits per heavy atom. The Labute approximate surface area is 166 Å². The SMILES string of the molecule is O=C(N[C@H]1C(=O)c2ccccc2N[C@@H]1c1ccccc1)c1ccc([N+](=O)[O-])cc1. The van der Waals surface area contributed by atoms with Crippen molar-refractivity contribution in [2.24, 2.45) is 0 Å². The van der Waals surface area contributed by atoms with Crippen LogP contribution in [0.1, 0.15) is 32.3 Å². The second-order valence-corrected chi connectivity index (χ2v) is 6.70. The number of rotatable bonds is 4. The number of nitro groups is 1. The third-order valence-corrected chi connectivity index (χ3v) is 4.90. The van der Waals surface area contributed by atoms with Gasteiger partial charge in [-0.3, -0.25) is 19.7 Å². The molecule has 1 aliphatic rings. The fourth-order valence-electron chi connectivity index (χ4n) is 3.44. The first kappa shape index (κ1) is 18.4. The lowest BCUT2D eigenvalue weighted by molar-refractivity contribution is -0.384. The average Bonchev–Trinajstić information content (AvgIpc) is 2.76. The van der Waals surface area contributed by atoms with E-state index in [9.17, 15) is 19.7 Å². The van der Waals surface area contributed by atoms with Crippen LogP contribution in [0, 0.1) is 10.1 Å². The molecule has 0 spiro atoms. The number of amides is 1. The summed E-state index contributed by atoms with van der Waals surface area (Å²) < 4.78 is 0. The van der Waals surface area contributed by atoms with Crippen molar-refractivity contribution >= 4 is 23.1 Å². The number of hydrogen-bond acceptors (Lipinski definition) is 5. The first-order valence-corrected chi connectivity index (χ1v) is 9.04. The summed E-state index contributed by atoms with van der Waals surface area (Å²) in [5.74, 6) is -0.663. The third-order valence-electron chi connectivity index (χ3n) is 4.90. The molecular weight excluding hydrogens is 370 g/mol. The molecule has 0 fully saturated rings. The van der Waals surface area contributed by atoms with Crippen molar-refractivity contribution in [3.63, 3.8) is 0 Å². The Hall–Kier alpha value is -4.00. The van der Waals surface area contributed by atoms with Crippen molar-refractivity contribution < 1.29 is 14.5 Å². The molecule has 0 aliphatic carbocycles. The number of carbonyl (C=O) groups excluding carboxylic acids is 2. The van der Waals surface area contributed by atoms with Gasteiger partial charge >= 0.3 is 0 Å². The third kappa shape index (κ3) is 3.58. The van der Waals surface area contributed by atoms with E-state index >= 15 is 0 Å². The van der Waals surface area contributed by atoms with E-state index in [1.165, 1.54) is 24.3 Å². The van der Waals surface area contributed by atoms with E-state index in [0.717, 1.165) is 5.56 Å². The molecule has 29 heavy (non-hydrogen) atoms. The molecule has 4 rings (SSSR count). The maximum atomic E-state index is 13.2. The highest BCUT2D eigenvalue weighted by atomic mass is 16.6. The molecule has 0 radical (unpaired) electrons. The Kier molecular flexibility index (Phi) is 4.78. The number of nitrogens with one attached hydrogen (secondary N) is 2. The molecule has 1 amide bonds. The van der Waals surface area contributed by atoms with E-state index in [4.69, 9.17) is 0 Å². The predicted molar refractivity (Wildman–Crippen MR) is 108 cm³/mol. The van der Waals surface area contributed by atoms with Crippen LogP contribution >= 0.6 is 0 Å². The number of carbonyl (C=O) groups is 2. The van der Waals surface area contributed by atoms with E-state index in [0.29, 0.717) is 11.3 Å². The molecule has 3 aromatic carbocycles. The van der Waals surface area contributed by atoms with Gasteiger partial charge in [0.1, 0.15) is 6.04 Å². The molecule has 0 bridgehead atoms. The van der Waals surface area contributed by atoms with Crippen LogP contribution in [0.3, 0.4) is 0 Å². The summed E-state index contributed by atoms with van der Waals surface area (Å²) in [7, 11) is 0. The molecule has 0 unspecified atom stereocenters. The minimum absolute atomic E-state index is 0.104. The quantitative estimate of drug-likeness (QED) is 0.524. The topological polar surface area (TPSA) is 101 Å². The highest BCUT2D eigenvalue weighted by Gasteiger charge is 2.37. The second kappa shape index (κ2) is 7.55. The molecule has 7 nitrogen and oxygen atoms in total. The van der Waals surface area contributed by atoms with Gasteiger partial charge in [0.15, 0.2) is 5.78 Å². The molecule has 0 aromatic heterocycles. The number of Topliss-reactive ketones (excluding diaryl/α,β-unsaturated/α-hetero) is 1. The molecular formula is C22H17N3O4. The second-order valence-electron chi connectivity index (χ2n) is 6.70. The monoisotopic (exact) mass is 387 g/mol. The van der Waals surface area contributed by atoms with E-state index in [-0.39, 0.29) is 17.0 Å². The van der Waals surface area contributed by atoms with E-state index in [2.05, 4.69) is 10.6 Å². The normalized spacial score (nSPS) is 17.7. The largest absolute Gasteiger partial charge is 0.375 e. The van der Waals surface area contributed by atoms with Crippen molar-refractivity contribution in [3.8, 4) is 0 Å². The van der Waals surface area contributed by atoms with Gasteiger partial charge in [0, 0.05) is 28.9 Å². The Balaban J connectivity index is 1.66. The number of para-hydroxylation sites is 1. The number of ketones is 1. The summed E-state index contributed by atoms with van der Waals surface area (Å²) in [6.45, 7) is 0. The number of anilines is 1. The fraction of sp³-hybridized carbons (Fsp3) is 0.0909. The van der Waals surface area contributed by atoms with Gasteiger partial charge in [0.05, 0.1) is 11.0 Å². The zero-order valence-electron chi connectivity index (χ0n) is 15.2. The lowest BCUT2D eigenvalue weighted by atomic mass is 9.87.